The molecule has 0 saturated carbocycles. The zero-order chi connectivity index (χ0) is 23.2. The molecule has 0 bridgehead atoms. The molecule has 0 aliphatic rings. The molecule has 0 radical (unpaired) electrons. The molecule has 3 aromatic carbocycles. The van der Waals surface area contributed by atoms with E-state index in [1.165, 1.54) is 24.8 Å². The lowest BCUT2D eigenvalue weighted by molar-refractivity contribution is -0.139. The van der Waals surface area contributed by atoms with Crippen LogP contribution in [0.2, 0.25) is 0 Å². The first-order chi connectivity index (χ1) is 16.0. The fourth-order valence-electron chi connectivity index (χ4n) is 3.55. The van der Waals surface area contributed by atoms with Gasteiger partial charge in [-0.15, -0.1) is 0 Å². The molecule has 1 heterocycles. The first kappa shape index (κ1) is 22.1. The molecule has 0 saturated heterocycles. The van der Waals surface area contributed by atoms with Crippen molar-refractivity contribution in [1.82, 2.24) is 9.78 Å². The van der Waals surface area contributed by atoms with Crippen molar-refractivity contribution in [3.63, 3.8) is 0 Å². The maximum absolute atomic E-state index is 13.5. The smallest absolute Gasteiger partial charge is 0.341 e. The number of aliphatic carboxylic acids is 1. The molecule has 6 nitrogen and oxygen atoms in total. The summed E-state index contributed by atoms with van der Waals surface area (Å²) in [5.74, 6) is -0.491. The van der Waals surface area contributed by atoms with Crippen molar-refractivity contribution in [1.29, 1.82) is 0 Å². The second kappa shape index (κ2) is 9.99. The van der Waals surface area contributed by atoms with E-state index in [2.05, 4.69) is 12.1 Å². The zero-order valence-electron chi connectivity index (χ0n) is 18.1. The Balaban J connectivity index is 1.74. The molecular weight excluding hydrogens is 423 g/mol. The normalized spacial score (nSPS) is 10.7. The summed E-state index contributed by atoms with van der Waals surface area (Å²) >= 11 is 0. The third-order valence-corrected chi connectivity index (χ3v) is 5.19. The van der Waals surface area contributed by atoms with Crippen LogP contribution >= 0.6 is 0 Å². The van der Waals surface area contributed by atoms with Crippen LogP contribution in [0.25, 0.3) is 22.5 Å². The SMILES string of the molecule is COc1ccc(-c2cc(-c3ccc(F)cc3)n(CCc3ccccc3)n2)c(OCC(=O)O)c1. The standard InChI is InChI=1S/C26H23FN2O4/c1-32-21-11-12-22(25(15-21)33-17-26(30)31)23-16-24(19-7-9-20(27)10-8-19)29(28-23)14-13-18-5-3-2-4-6-18/h2-12,15-16H,13-14,17H2,1H3,(H,30,31). The molecule has 0 aliphatic heterocycles. The van der Waals surface area contributed by atoms with Crippen LogP contribution < -0.4 is 9.47 Å². The Morgan fingerprint density at radius 1 is 1.03 bits per heavy atom. The summed E-state index contributed by atoms with van der Waals surface area (Å²) in [7, 11) is 1.53. The number of aryl methyl sites for hydroxylation is 2. The Hall–Kier alpha value is -4.13. The topological polar surface area (TPSA) is 73.6 Å². The number of benzene rings is 3. The van der Waals surface area contributed by atoms with Crippen molar-refractivity contribution in [3.8, 4) is 34.0 Å². The molecule has 168 valence electrons. The lowest BCUT2D eigenvalue weighted by Crippen LogP contribution is -2.10. The van der Waals surface area contributed by atoms with Gasteiger partial charge in [-0.2, -0.15) is 5.10 Å². The highest BCUT2D eigenvalue weighted by molar-refractivity contribution is 5.74. The van der Waals surface area contributed by atoms with Crippen molar-refractivity contribution in [2.24, 2.45) is 0 Å². The van der Waals surface area contributed by atoms with Crippen molar-refractivity contribution in [3.05, 3.63) is 90.2 Å². The monoisotopic (exact) mass is 446 g/mol. The summed E-state index contributed by atoms with van der Waals surface area (Å²) in [5.41, 5.74) is 4.07. The van der Waals surface area contributed by atoms with Gasteiger partial charge in [0, 0.05) is 23.7 Å². The van der Waals surface area contributed by atoms with Crippen LogP contribution in [-0.2, 0) is 17.8 Å². The van der Waals surface area contributed by atoms with Crippen LogP contribution in [0, 0.1) is 5.82 Å². The minimum Gasteiger partial charge on any atom is -0.497 e. The summed E-state index contributed by atoms with van der Waals surface area (Å²) in [5, 5.41) is 13.8. The van der Waals surface area contributed by atoms with E-state index in [4.69, 9.17) is 19.7 Å². The molecule has 0 unspecified atom stereocenters. The Morgan fingerprint density at radius 3 is 2.48 bits per heavy atom. The van der Waals surface area contributed by atoms with E-state index in [-0.39, 0.29) is 5.82 Å². The lowest BCUT2D eigenvalue weighted by Gasteiger charge is -2.10. The van der Waals surface area contributed by atoms with Gasteiger partial charge < -0.3 is 14.6 Å². The molecule has 1 aromatic heterocycles. The van der Waals surface area contributed by atoms with Gasteiger partial charge in [0.1, 0.15) is 17.3 Å². The van der Waals surface area contributed by atoms with Gasteiger partial charge in [-0.25, -0.2) is 9.18 Å². The van der Waals surface area contributed by atoms with Crippen LogP contribution in [0.5, 0.6) is 11.5 Å². The van der Waals surface area contributed by atoms with Gasteiger partial charge in [0.25, 0.3) is 0 Å². The summed E-state index contributed by atoms with van der Waals surface area (Å²) in [4.78, 5) is 11.1. The lowest BCUT2D eigenvalue weighted by atomic mass is 10.1. The van der Waals surface area contributed by atoms with E-state index < -0.39 is 12.6 Å². The molecular formula is C26H23FN2O4. The van der Waals surface area contributed by atoms with Gasteiger partial charge in [-0.3, -0.25) is 4.68 Å². The summed E-state index contributed by atoms with van der Waals surface area (Å²) in [6.07, 6.45) is 0.765. The molecule has 0 fully saturated rings. The molecule has 4 aromatic rings. The van der Waals surface area contributed by atoms with Crippen molar-refractivity contribution in [2.45, 2.75) is 13.0 Å². The zero-order valence-corrected chi connectivity index (χ0v) is 18.1. The van der Waals surface area contributed by atoms with Crippen molar-refractivity contribution < 1.29 is 23.8 Å². The predicted octanol–water partition coefficient (Wildman–Crippen LogP) is 5.07. The minimum atomic E-state index is -1.08. The van der Waals surface area contributed by atoms with E-state index in [0.717, 1.165) is 17.7 Å². The number of rotatable bonds is 9. The Labute approximate surface area is 190 Å². The van der Waals surface area contributed by atoms with E-state index in [1.54, 1.807) is 30.3 Å². The molecule has 0 atom stereocenters. The van der Waals surface area contributed by atoms with Gasteiger partial charge in [-0.05, 0) is 54.4 Å². The van der Waals surface area contributed by atoms with Crippen LogP contribution in [0.4, 0.5) is 4.39 Å². The largest absolute Gasteiger partial charge is 0.497 e. The fourth-order valence-corrected chi connectivity index (χ4v) is 3.55. The highest BCUT2D eigenvalue weighted by Crippen LogP contribution is 2.35. The number of carboxylic acids is 1. The number of nitrogens with zero attached hydrogens (tertiary/aromatic N) is 2. The van der Waals surface area contributed by atoms with Crippen LogP contribution in [-0.4, -0.2) is 34.6 Å². The fraction of sp³-hybridized carbons (Fsp3) is 0.154. The van der Waals surface area contributed by atoms with E-state index >= 15 is 0 Å². The molecule has 7 heteroatoms. The molecule has 33 heavy (non-hydrogen) atoms. The summed E-state index contributed by atoms with van der Waals surface area (Å²) < 4.78 is 26.2. The van der Waals surface area contributed by atoms with Gasteiger partial charge >= 0.3 is 5.97 Å². The van der Waals surface area contributed by atoms with E-state index in [9.17, 15) is 9.18 Å². The molecule has 1 N–H and O–H groups in total. The van der Waals surface area contributed by atoms with E-state index in [1.807, 2.05) is 28.9 Å². The average molecular weight is 446 g/mol. The minimum absolute atomic E-state index is 0.311. The highest BCUT2D eigenvalue weighted by Gasteiger charge is 2.17. The van der Waals surface area contributed by atoms with Crippen molar-refractivity contribution >= 4 is 5.97 Å². The Kier molecular flexibility index (Phi) is 6.69. The molecule has 0 aliphatic carbocycles. The number of hydrogen-bond acceptors (Lipinski definition) is 4. The molecule has 4 rings (SSSR count). The van der Waals surface area contributed by atoms with Gasteiger partial charge in [0.2, 0.25) is 0 Å². The van der Waals surface area contributed by atoms with Gasteiger partial charge in [-0.1, -0.05) is 30.3 Å². The third-order valence-electron chi connectivity index (χ3n) is 5.19. The number of carbonyl (C=O) groups is 1. The predicted molar refractivity (Wildman–Crippen MR) is 123 cm³/mol. The van der Waals surface area contributed by atoms with E-state index in [0.29, 0.717) is 29.3 Å². The molecule has 0 spiro atoms. The number of aromatic nitrogens is 2. The van der Waals surface area contributed by atoms with Gasteiger partial charge in [0.05, 0.1) is 18.5 Å². The summed E-state index contributed by atoms with van der Waals surface area (Å²) in [6, 6.07) is 23.4. The van der Waals surface area contributed by atoms with Crippen LogP contribution in [0.15, 0.2) is 78.9 Å². The van der Waals surface area contributed by atoms with Crippen LogP contribution in [0.3, 0.4) is 0 Å². The number of hydrogen-bond donors (Lipinski definition) is 1. The first-order valence-corrected chi connectivity index (χ1v) is 10.4. The highest BCUT2D eigenvalue weighted by atomic mass is 19.1. The van der Waals surface area contributed by atoms with Crippen LogP contribution in [0.1, 0.15) is 5.56 Å². The maximum Gasteiger partial charge on any atom is 0.341 e. The number of carboxylic acid groups (broad SMARTS) is 1. The number of halogens is 1. The number of methoxy groups -OCH3 is 1. The second-order valence-electron chi connectivity index (χ2n) is 7.42. The van der Waals surface area contributed by atoms with Crippen molar-refractivity contribution in [2.75, 3.05) is 13.7 Å². The summed E-state index contributed by atoms with van der Waals surface area (Å²) in [6.45, 7) is 0.123. The molecule has 0 amide bonds. The number of ether oxygens (including phenoxy) is 2. The quantitative estimate of drug-likeness (QED) is 0.389. The third kappa shape index (κ3) is 5.38. The first-order valence-electron chi connectivity index (χ1n) is 10.4. The average Bonchev–Trinajstić information content (AvgIpc) is 3.26. The van der Waals surface area contributed by atoms with Gasteiger partial charge in [0.15, 0.2) is 6.61 Å². The Bertz CT molecular complexity index is 1240. The maximum atomic E-state index is 13.5. The second-order valence-corrected chi connectivity index (χ2v) is 7.42. The Morgan fingerprint density at radius 2 is 1.79 bits per heavy atom.